The Kier molecular flexibility index (Phi) is 5.67. The van der Waals surface area contributed by atoms with E-state index in [1.807, 2.05) is 18.2 Å². The standard InChI is InChI=1S/C15H15ClO5S2/c16-23(19,20)12-4-11-22(17,18)15-9-7-14(8-10-15)21-13-5-2-1-3-6-13/h1-3,5-10H,4,11-12H2. The maximum atomic E-state index is 12.1. The molecule has 2 rings (SSSR count). The molecule has 0 saturated carbocycles. The first-order valence-corrected chi connectivity index (χ1v) is 10.9. The fourth-order valence-corrected chi connectivity index (χ4v) is 4.19. The van der Waals surface area contributed by atoms with Gasteiger partial charge in [-0.3, -0.25) is 0 Å². The largest absolute Gasteiger partial charge is 0.457 e. The molecule has 8 heteroatoms. The van der Waals surface area contributed by atoms with Gasteiger partial charge in [0, 0.05) is 10.7 Å². The van der Waals surface area contributed by atoms with Crippen LogP contribution in [0.25, 0.3) is 0 Å². The minimum atomic E-state index is -3.68. The van der Waals surface area contributed by atoms with Crippen molar-refractivity contribution in [2.75, 3.05) is 11.5 Å². The maximum absolute atomic E-state index is 12.1. The molecule has 0 aliphatic heterocycles. The van der Waals surface area contributed by atoms with Crippen LogP contribution in [-0.4, -0.2) is 28.3 Å². The van der Waals surface area contributed by atoms with Crippen molar-refractivity contribution in [1.29, 1.82) is 0 Å². The second-order valence-corrected chi connectivity index (χ2v) is 9.81. The zero-order valence-corrected chi connectivity index (χ0v) is 14.4. The molecular weight excluding hydrogens is 360 g/mol. The summed E-state index contributed by atoms with van der Waals surface area (Å²) in [6.07, 6.45) is -0.0452. The molecule has 2 aromatic rings. The van der Waals surface area contributed by atoms with Crippen LogP contribution in [0.5, 0.6) is 11.5 Å². The van der Waals surface area contributed by atoms with Crippen molar-refractivity contribution in [2.45, 2.75) is 11.3 Å². The molecule has 124 valence electrons. The second-order valence-electron chi connectivity index (χ2n) is 4.80. The zero-order valence-electron chi connectivity index (χ0n) is 12.1. The van der Waals surface area contributed by atoms with Gasteiger partial charge < -0.3 is 4.74 Å². The van der Waals surface area contributed by atoms with E-state index in [0.717, 1.165) is 0 Å². The maximum Gasteiger partial charge on any atom is 0.232 e. The van der Waals surface area contributed by atoms with Gasteiger partial charge >= 0.3 is 0 Å². The normalized spacial score (nSPS) is 12.0. The monoisotopic (exact) mass is 374 g/mol. The van der Waals surface area contributed by atoms with E-state index in [2.05, 4.69) is 0 Å². The van der Waals surface area contributed by atoms with Gasteiger partial charge in [0.15, 0.2) is 9.84 Å². The molecule has 0 radical (unpaired) electrons. The molecule has 0 atom stereocenters. The summed E-state index contributed by atoms with van der Waals surface area (Å²) in [5.74, 6) is 0.509. The Labute approximate surface area is 140 Å². The molecule has 0 spiro atoms. The second kappa shape index (κ2) is 7.33. The summed E-state index contributed by atoms with van der Waals surface area (Å²) in [4.78, 5) is 0.116. The van der Waals surface area contributed by atoms with E-state index in [1.54, 1.807) is 24.3 Å². The summed E-state index contributed by atoms with van der Waals surface area (Å²) in [6, 6.07) is 15.1. The fraction of sp³-hybridized carbons (Fsp3) is 0.200. The molecule has 0 aliphatic carbocycles. The molecule has 0 amide bonds. The van der Waals surface area contributed by atoms with Crippen LogP contribution in [0.15, 0.2) is 59.5 Å². The Bertz CT molecular complexity index is 845. The third kappa shape index (κ3) is 5.85. The average molecular weight is 375 g/mol. The minimum absolute atomic E-state index is 0.0452. The van der Waals surface area contributed by atoms with Crippen molar-refractivity contribution in [3.63, 3.8) is 0 Å². The molecule has 0 aromatic heterocycles. The van der Waals surface area contributed by atoms with Crippen molar-refractivity contribution in [3.05, 3.63) is 54.6 Å². The molecular formula is C15H15ClO5S2. The first-order valence-electron chi connectivity index (χ1n) is 6.74. The molecule has 0 fully saturated rings. The summed E-state index contributed by atoms with van der Waals surface area (Å²) in [7, 11) is -2.17. The van der Waals surface area contributed by atoms with Gasteiger partial charge in [-0.15, -0.1) is 0 Å². The van der Waals surface area contributed by atoms with Crippen molar-refractivity contribution < 1.29 is 21.6 Å². The van der Waals surface area contributed by atoms with Crippen molar-refractivity contribution in [1.82, 2.24) is 0 Å². The molecule has 0 N–H and O–H groups in total. The van der Waals surface area contributed by atoms with E-state index in [1.165, 1.54) is 12.1 Å². The van der Waals surface area contributed by atoms with E-state index in [4.69, 9.17) is 15.4 Å². The van der Waals surface area contributed by atoms with Crippen LogP contribution in [0.4, 0.5) is 0 Å². The van der Waals surface area contributed by atoms with Gasteiger partial charge in [0.1, 0.15) is 11.5 Å². The third-order valence-corrected chi connectivity index (χ3v) is 6.02. The topological polar surface area (TPSA) is 77.5 Å². The van der Waals surface area contributed by atoms with Gasteiger partial charge in [-0.2, -0.15) is 0 Å². The summed E-state index contributed by atoms with van der Waals surface area (Å²) in [5.41, 5.74) is 0. The van der Waals surface area contributed by atoms with E-state index >= 15 is 0 Å². The molecule has 0 bridgehead atoms. The average Bonchev–Trinajstić information content (AvgIpc) is 2.47. The van der Waals surface area contributed by atoms with Crippen LogP contribution in [0.2, 0.25) is 0 Å². The molecule has 2 aromatic carbocycles. The molecule has 0 unspecified atom stereocenters. The lowest BCUT2D eigenvalue weighted by Gasteiger charge is -2.07. The van der Waals surface area contributed by atoms with E-state index in [-0.39, 0.29) is 22.8 Å². The summed E-state index contributed by atoms with van der Waals surface area (Å²) in [5, 5.41) is 0. The van der Waals surface area contributed by atoms with Gasteiger partial charge in [-0.25, -0.2) is 16.8 Å². The third-order valence-electron chi connectivity index (χ3n) is 2.96. The predicted octanol–water partition coefficient (Wildman–Crippen LogP) is 3.21. The van der Waals surface area contributed by atoms with Crippen LogP contribution in [0.3, 0.4) is 0 Å². The van der Waals surface area contributed by atoms with Gasteiger partial charge in [0.25, 0.3) is 0 Å². The Morgan fingerprint density at radius 2 is 1.35 bits per heavy atom. The number of ether oxygens (including phenoxy) is 1. The van der Waals surface area contributed by atoms with Crippen LogP contribution in [-0.2, 0) is 18.9 Å². The summed E-state index contributed by atoms with van der Waals surface area (Å²) in [6.45, 7) is 0. The summed E-state index contributed by atoms with van der Waals surface area (Å²) < 4.78 is 51.4. The van der Waals surface area contributed by atoms with Crippen LogP contribution in [0, 0.1) is 0 Å². The molecule has 0 aliphatic rings. The summed E-state index contributed by atoms with van der Waals surface area (Å²) >= 11 is 0. The van der Waals surface area contributed by atoms with Gasteiger partial charge in [0.05, 0.1) is 16.4 Å². The van der Waals surface area contributed by atoms with Crippen molar-refractivity contribution in [3.8, 4) is 11.5 Å². The Balaban J connectivity index is 2.03. The zero-order chi connectivity index (χ0) is 16.9. The fourth-order valence-electron chi connectivity index (χ4n) is 1.88. The number of rotatable bonds is 7. The predicted molar refractivity (Wildman–Crippen MR) is 89.3 cm³/mol. The lowest BCUT2D eigenvalue weighted by Crippen LogP contribution is -2.10. The Morgan fingerprint density at radius 1 is 0.783 bits per heavy atom. The van der Waals surface area contributed by atoms with E-state index in [0.29, 0.717) is 11.5 Å². The van der Waals surface area contributed by atoms with Crippen LogP contribution >= 0.6 is 10.7 Å². The number of sulfone groups is 1. The first-order chi connectivity index (χ1) is 10.8. The number of benzene rings is 2. The molecule has 0 heterocycles. The number of hydrogen-bond donors (Lipinski definition) is 0. The van der Waals surface area contributed by atoms with Gasteiger partial charge in [-0.1, -0.05) is 18.2 Å². The number of para-hydroxylation sites is 1. The first kappa shape index (κ1) is 17.8. The highest BCUT2D eigenvalue weighted by molar-refractivity contribution is 8.13. The lowest BCUT2D eigenvalue weighted by molar-refractivity contribution is 0.482. The Morgan fingerprint density at radius 3 is 1.91 bits per heavy atom. The van der Waals surface area contributed by atoms with Gasteiger partial charge in [0.2, 0.25) is 9.05 Å². The van der Waals surface area contributed by atoms with Gasteiger partial charge in [-0.05, 0) is 42.8 Å². The Hall–Kier alpha value is -1.57. The van der Waals surface area contributed by atoms with Crippen LogP contribution in [0.1, 0.15) is 6.42 Å². The SMILES string of the molecule is O=S(=O)(Cl)CCCS(=O)(=O)c1ccc(Oc2ccccc2)cc1. The van der Waals surface area contributed by atoms with E-state index < -0.39 is 18.9 Å². The minimum Gasteiger partial charge on any atom is -0.457 e. The number of halogens is 1. The van der Waals surface area contributed by atoms with Crippen LogP contribution < -0.4 is 4.74 Å². The highest BCUT2D eigenvalue weighted by Crippen LogP contribution is 2.23. The smallest absolute Gasteiger partial charge is 0.232 e. The van der Waals surface area contributed by atoms with Crippen molar-refractivity contribution in [2.24, 2.45) is 0 Å². The number of hydrogen-bond acceptors (Lipinski definition) is 5. The molecule has 0 saturated heterocycles. The molecule has 5 nitrogen and oxygen atoms in total. The highest BCUT2D eigenvalue weighted by Gasteiger charge is 2.16. The molecule has 23 heavy (non-hydrogen) atoms. The quantitative estimate of drug-likeness (QED) is 0.695. The lowest BCUT2D eigenvalue weighted by atomic mass is 10.3. The highest BCUT2D eigenvalue weighted by atomic mass is 35.7. The van der Waals surface area contributed by atoms with Crippen molar-refractivity contribution >= 4 is 29.6 Å². The van der Waals surface area contributed by atoms with E-state index in [9.17, 15) is 16.8 Å².